The third kappa shape index (κ3) is 5.59. The SMILES string of the molecule is Cc1noc(C)c1-c1ccc(NC2CCOCC2)c(NC(=O)[C@H](C)Cc2ccc(Cl)c(F)c2)c1. The van der Waals surface area contributed by atoms with E-state index in [9.17, 15) is 9.18 Å². The molecule has 3 aromatic rings. The average molecular weight is 486 g/mol. The number of hydrogen-bond acceptors (Lipinski definition) is 5. The molecular formula is C26H29ClFN3O3. The molecule has 1 fully saturated rings. The first-order valence-corrected chi connectivity index (χ1v) is 11.9. The number of hydrogen-bond donors (Lipinski definition) is 2. The molecule has 0 unspecified atom stereocenters. The number of carbonyl (C=O) groups excluding carboxylic acids is 1. The number of carbonyl (C=O) groups is 1. The molecule has 1 aliphatic heterocycles. The standard InChI is InChI=1S/C26H29ClFN3O3/c1-15(12-18-4-6-21(27)22(28)13-18)26(32)30-24-14-19(25-16(2)31-34-17(25)3)5-7-23(24)29-20-8-10-33-11-9-20/h4-7,13-15,20,29H,8-12H2,1-3H3,(H,30,32)/t15-/m1/s1. The Bertz CT molecular complexity index is 1150. The molecule has 1 saturated heterocycles. The summed E-state index contributed by atoms with van der Waals surface area (Å²) in [5.74, 6) is -0.291. The van der Waals surface area contributed by atoms with Gasteiger partial charge >= 0.3 is 0 Å². The minimum atomic E-state index is -0.484. The number of amides is 1. The van der Waals surface area contributed by atoms with Crippen LogP contribution in [0.15, 0.2) is 40.9 Å². The minimum Gasteiger partial charge on any atom is -0.381 e. The van der Waals surface area contributed by atoms with Gasteiger partial charge in [-0.25, -0.2) is 4.39 Å². The Morgan fingerprint density at radius 2 is 1.94 bits per heavy atom. The van der Waals surface area contributed by atoms with E-state index < -0.39 is 5.82 Å². The van der Waals surface area contributed by atoms with Crippen LogP contribution in [0.5, 0.6) is 0 Å². The average Bonchev–Trinajstić information content (AvgIpc) is 3.16. The van der Waals surface area contributed by atoms with E-state index >= 15 is 0 Å². The van der Waals surface area contributed by atoms with Crippen molar-refractivity contribution in [1.29, 1.82) is 0 Å². The molecule has 8 heteroatoms. The fourth-order valence-corrected chi connectivity index (χ4v) is 4.37. The summed E-state index contributed by atoms with van der Waals surface area (Å²) < 4.78 is 24.6. The van der Waals surface area contributed by atoms with E-state index in [1.54, 1.807) is 6.07 Å². The molecule has 1 atom stereocenters. The third-order valence-corrected chi connectivity index (χ3v) is 6.46. The van der Waals surface area contributed by atoms with Crippen molar-refractivity contribution in [3.63, 3.8) is 0 Å². The first kappa shape index (κ1) is 24.2. The predicted octanol–water partition coefficient (Wildman–Crippen LogP) is 6.16. The molecule has 1 aromatic heterocycles. The molecular weight excluding hydrogens is 457 g/mol. The van der Waals surface area contributed by atoms with Crippen LogP contribution in [0.25, 0.3) is 11.1 Å². The van der Waals surface area contributed by atoms with E-state index in [0.717, 1.165) is 46.7 Å². The van der Waals surface area contributed by atoms with E-state index in [4.69, 9.17) is 20.9 Å². The first-order chi connectivity index (χ1) is 16.3. The summed E-state index contributed by atoms with van der Waals surface area (Å²) in [6, 6.07) is 10.8. The normalized spacial score (nSPS) is 15.2. The summed E-state index contributed by atoms with van der Waals surface area (Å²) >= 11 is 5.78. The Labute approximate surface area is 203 Å². The summed E-state index contributed by atoms with van der Waals surface area (Å²) in [6.45, 7) is 7.02. The van der Waals surface area contributed by atoms with Crippen LogP contribution in [0.1, 0.15) is 36.8 Å². The van der Waals surface area contributed by atoms with E-state index in [1.807, 2.05) is 39.0 Å². The van der Waals surface area contributed by atoms with Gasteiger partial charge in [-0.15, -0.1) is 0 Å². The van der Waals surface area contributed by atoms with Crippen LogP contribution >= 0.6 is 11.6 Å². The van der Waals surface area contributed by atoms with Crippen LogP contribution in [0.4, 0.5) is 15.8 Å². The number of anilines is 2. The molecule has 1 aliphatic rings. The van der Waals surface area contributed by atoms with Crippen molar-refractivity contribution in [3.05, 3.63) is 64.3 Å². The van der Waals surface area contributed by atoms with Gasteiger partial charge in [-0.3, -0.25) is 4.79 Å². The lowest BCUT2D eigenvalue weighted by Crippen LogP contribution is -2.29. The Balaban J connectivity index is 1.58. The van der Waals surface area contributed by atoms with Crippen LogP contribution in [-0.4, -0.2) is 30.3 Å². The van der Waals surface area contributed by atoms with Gasteiger partial charge in [0, 0.05) is 30.7 Å². The van der Waals surface area contributed by atoms with Crippen LogP contribution in [0.2, 0.25) is 5.02 Å². The largest absolute Gasteiger partial charge is 0.381 e. The van der Waals surface area contributed by atoms with Gasteiger partial charge in [-0.1, -0.05) is 35.8 Å². The van der Waals surface area contributed by atoms with Crippen molar-refractivity contribution in [2.75, 3.05) is 23.8 Å². The number of halogens is 2. The topological polar surface area (TPSA) is 76.4 Å². The highest BCUT2D eigenvalue weighted by molar-refractivity contribution is 6.30. The Hall–Kier alpha value is -2.90. The van der Waals surface area contributed by atoms with Gasteiger partial charge in [0.2, 0.25) is 5.91 Å². The van der Waals surface area contributed by atoms with Gasteiger partial charge in [-0.05, 0) is 68.5 Å². The molecule has 0 saturated carbocycles. The quantitative estimate of drug-likeness (QED) is 0.419. The van der Waals surface area contributed by atoms with Gasteiger partial charge < -0.3 is 19.9 Å². The van der Waals surface area contributed by atoms with Gasteiger partial charge in [0.25, 0.3) is 0 Å². The molecule has 2 heterocycles. The number of ether oxygens (including phenoxy) is 1. The van der Waals surface area contributed by atoms with Crippen LogP contribution in [0, 0.1) is 25.6 Å². The number of aromatic nitrogens is 1. The minimum absolute atomic E-state index is 0.0702. The summed E-state index contributed by atoms with van der Waals surface area (Å²) in [5.41, 5.74) is 4.87. The second-order valence-electron chi connectivity index (χ2n) is 8.83. The number of aryl methyl sites for hydroxylation is 2. The van der Waals surface area contributed by atoms with Crippen molar-refractivity contribution in [1.82, 2.24) is 5.16 Å². The van der Waals surface area contributed by atoms with Crippen LogP contribution in [0.3, 0.4) is 0 Å². The van der Waals surface area contributed by atoms with E-state index in [2.05, 4.69) is 15.8 Å². The van der Waals surface area contributed by atoms with E-state index in [-0.39, 0.29) is 22.9 Å². The summed E-state index contributed by atoms with van der Waals surface area (Å²) in [5, 5.41) is 10.8. The maximum atomic E-state index is 13.8. The van der Waals surface area contributed by atoms with Crippen LogP contribution in [-0.2, 0) is 16.0 Å². The smallest absolute Gasteiger partial charge is 0.227 e. The van der Waals surface area contributed by atoms with Gasteiger partial charge in [0.1, 0.15) is 11.6 Å². The van der Waals surface area contributed by atoms with Gasteiger partial charge in [0.05, 0.1) is 22.1 Å². The predicted molar refractivity (Wildman–Crippen MR) is 132 cm³/mol. The lowest BCUT2D eigenvalue weighted by molar-refractivity contribution is -0.119. The zero-order valence-electron chi connectivity index (χ0n) is 19.6. The number of benzene rings is 2. The fourth-order valence-electron chi connectivity index (χ4n) is 4.25. The zero-order valence-corrected chi connectivity index (χ0v) is 20.3. The zero-order chi connectivity index (χ0) is 24.2. The maximum Gasteiger partial charge on any atom is 0.227 e. The van der Waals surface area contributed by atoms with Gasteiger partial charge in [-0.2, -0.15) is 0 Å². The van der Waals surface area contributed by atoms with E-state index in [0.29, 0.717) is 25.3 Å². The second kappa shape index (κ2) is 10.6. The first-order valence-electron chi connectivity index (χ1n) is 11.5. The van der Waals surface area contributed by atoms with Crippen molar-refractivity contribution in [2.45, 2.75) is 46.1 Å². The van der Waals surface area contributed by atoms with Gasteiger partial charge in [0.15, 0.2) is 0 Å². The lowest BCUT2D eigenvalue weighted by atomic mass is 9.99. The second-order valence-corrected chi connectivity index (χ2v) is 9.24. The molecule has 2 aromatic carbocycles. The fraction of sp³-hybridized carbons (Fsp3) is 0.385. The highest BCUT2D eigenvalue weighted by Gasteiger charge is 2.20. The monoisotopic (exact) mass is 485 g/mol. The van der Waals surface area contributed by atoms with Crippen molar-refractivity contribution in [2.24, 2.45) is 5.92 Å². The molecule has 6 nitrogen and oxygen atoms in total. The highest BCUT2D eigenvalue weighted by atomic mass is 35.5. The Kier molecular flexibility index (Phi) is 7.54. The molecule has 34 heavy (non-hydrogen) atoms. The molecule has 0 radical (unpaired) electrons. The van der Waals surface area contributed by atoms with Crippen molar-refractivity contribution < 1.29 is 18.4 Å². The van der Waals surface area contributed by atoms with Crippen LogP contribution < -0.4 is 10.6 Å². The molecule has 0 bridgehead atoms. The number of nitrogens with one attached hydrogen (secondary N) is 2. The van der Waals surface area contributed by atoms with Crippen molar-refractivity contribution >= 4 is 28.9 Å². The summed E-state index contributed by atoms with van der Waals surface area (Å²) in [4.78, 5) is 13.1. The Morgan fingerprint density at radius 1 is 1.18 bits per heavy atom. The third-order valence-electron chi connectivity index (χ3n) is 6.15. The number of rotatable bonds is 7. The lowest BCUT2D eigenvalue weighted by Gasteiger charge is -2.26. The molecule has 4 rings (SSSR count). The molecule has 2 N–H and O–H groups in total. The van der Waals surface area contributed by atoms with E-state index in [1.165, 1.54) is 12.1 Å². The summed E-state index contributed by atoms with van der Waals surface area (Å²) in [7, 11) is 0. The molecule has 1 amide bonds. The maximum absolute atomic E-state index is 13.8. The highest BCUT2D eigenvalue weighted by Crippen LogP contribution is 2.34. The van der Waals surface area contributed by atoms with Crippen molar-refractivity contribution in [3.8, 4) is 11.1 Å². The Morgan fingerprint density at radius 3 is 2.62 bits per heavy atom. The molecule has 0 spiro atoms. The molecule has 0 aliphatic carbocycles. The summed E-state index contributed by atoms with van der Waals surface area (Å²) in [6.07, 6.45) is 2.20. The molecule has 180 valence electrons. The number of nitrogens with zero attached hydrogens (tertiary/aromatic N) is 1.